The van der Waals surface area contributed by atoms with Crippen molar-refractivity contribution in [3.63, 3.8) is 0 Å². The Balaban J connectivity index is 1.66. The van der Waals surface area contributed by atoms with Crippen LogP contribution in [-0.4, -0.2) is 59.5 Å². The van der Waals surface area contributed by atoms with Crippen LogP contribution in [-0.2, 0) is 16.0 Å². The summed E-state index contributed by atoms with van der Waals surface area (Å²) in [4.78, 5) is 28.6. The molecule has 2 aliphatic heterocycles. The van der Waals surface area contributed by atoms with E-state index in [1.54, 1.807) is 4.90 Å². The summed E-state index contributed by atoms with van der Waals surface area (Å²) in [6.07, 6.45) is 3.86. The number of rotatable bonds is 4. The Morgan fingerprint density at radius 2 is 2.12 bits per heavy atom. The number of piperidine rings is 2. The number of nitrogens with zero attached hydrogens (tertiary/aromatic N) is 2. The van der Waals surface area contributed by atoms with Gasteiger partial charge >= 0.3 is 0 Å². The lowest BCUT2D eigenvalue weighted by molar-refractivity contribution is -0.143. The highest BCUT2D eigenvalue weighted by Crippen LogP contribution is 2.38. The number of amides is 2. The zero-order valence-electron chi connectivity index (χ0n) is 15.0. The topological polar surface area (TPSA) is 60.9 Å². The van der Waals surface area contributed by atoms with Crippen molar-refractivity contribution in [2.45, 2.75) is 39.0 Å². The van der Waals surface area contributed by atoms with Gasteiger partial charge in [-0.15, -0.1) is 0 Å². The summed E-state index contributed by atoms with van der Waals surface area (Å²) in [7, 11) is 0. The molecule has 0 aliphatic carbocycles. The average molecular weight is 344 g/mol. The van der Waals surface area contributed by atoms with E-state index in [0.29, 0.717) is 25.9 Å². The van der Waals surface area contributed by atoms with Gasteiger partial charge in [0.2, 0.25) is 11.8 Å². The zero-order chi connectivity index (χ0) is 17.9. The Labute approximate surface area is 149 Å². The summed E-state index contributed by atoms with van der Waals surface area (Å²) in [5.74, 6) is 0.304. The first kappa shape index (κ1) is 17.9. The largest absolute Gasteiger partial charge is 0.395 e. The number of likely N-dealkylation sites (tertiary alicyclic amines) is 2. The number of hydrogen-bond acceptors (Lipinski definition) is 3. The molecule has 5 nitrogen and oxygen atoms in total. The van der Waals surface area contributed by atoms with Gasteiger partial charge in [0.1, 0.15) is 0 Å². The second kappa shape index (κ2) is 7.56. The van der Waals surface area contributed by atoms with Gasteiger partial charge in [-0.25, -0.2) is 0 Å². The van der Waals surface area contributed by atoms with Crippen molar-refractivity contribution in [3.05, 3.63) is 35.4 Å². The lowest BCUT2D eigenvalue weighted by atomic mass is 9.73. The molecule has 0 saturated carbocycles. The van der Waals surface area contributed by atoms with Gasteiger partial charge in [-0.1, -0.05) is 29.8 Å². The monoisotopic (exact) mass is 344 g/mol. The van der Waals surface area contributed by atoms with E-state index in [4.69, 9.17) is 0 Å². The molecule has 136 valence electrons. The molecule has 1 N–H and O–H groups in total. The van der Waals surface area contributed by atoms with Crippen molar-refractivity contribution in [1.82, 2.24) is 9.80 Å². The highest BCUT2D eigenvalue weighted by atomic mass is 16.3. The maximum absolute atomic E-state index is 12.8. The van der Waals surface area contributed by atoms with Crippen molar-refractivity contribution in [1.29, 1.82) is 0 Å². The van der Waals surface area contributed by atoms with E-state index in [0.717, 1.165) is 37.9 Å². The molecule has 5 heteroatoms. The number of carbonyl (C=O) groups excluding carboxylic acids is 2. The van der Waals surface area contributed by atoms with E-state index in [-0.39, 0.29) is 23.8 Å². The molecule has 3 rings (SSSR count). The highest BCUT2D eigenvalue weighted by molar-refractivity contribution is 5.79. The molecule has 0 radical (unpaired) electrons. The number of carbonyl (C=O) groups is 2. The number of β-amino-alcohol motifs (C(OH)–C–C–N with tert-alkyl or cyclic N) is 1. The van der Waals surface area contributed by atoms with Gasteiger partial charge in [0.15, 0.2) is 0 Å². The minimum absolute atomic E-state index is 0.00216. The molecule has 0 aromatic heterocycles. The van der Waals surface area contributed by atoms with Gasteiger partial charge < -0.3 is 14.9 Å². The SMILES string of the molecule is Cc1cccc(CC(=O)N2CCC[C@]3(CCC(=O)N(CCO)C3)C2)c1. The van der Waals surface area contributed by atoms with Crippen LogP contribution in [0.3, 0.4) is 0 Å². The predicted octanol–water partition coefficient (Wildman–Crippen LogP) is 1.76. The first-order chi connectivity index (χ1) is 12.0. The van der Waals surface area contributed by atoms with E-state index < -0.39 is 0 Å². The van der Waals surface area contributed by atoms with Crippen LogP contribution in [0, 0.1) is 12.3 Å². The van der Waals surface area contributed by atoms with E-state index >= 15 is 0 Å². The minimum atomic E-state index is -0.00216. The van der Waals surface area contributed by atoms with Crippen LogP contribution < -0.4 is 0 Å². The standard InChI is InChI=1S/C20H28N2O3/c1-16-4-2-5-17(12-16)13-19(25)21-9-3-7-20(14-21)8-6-18(24)22(15-20)10-11-23/h2,4-5,12,23H,3,6-11,13-15H2,1H3/t20-/m0/s1. The summed E-state index contributed by atoms with van der Waals surface area (Å²) in [6.45, 7) is 4.64. The molecule has 1 aromatic rings. The summed E-state index contributed by atoms with van der Waals surface area (Å²) in [6, 6.07) is 8.11. The maximum atomic E-state index is 12.8. The molecule has 2 amide bonds. The third kappa shape index (κ3) is 4.21. The fourth-order valence-electron chi connectivity index (χ4n) is 4.29. The molecule has 25 heavy (non-hydrogen) atoms. The highest BCUT2D eigenvalue weighted by Gasteiger charge is 2.42. The number of benzene rings is 1. The normalized spacial score (nSPS) is 24.0. The van der Waals surface area contributed by atoms with Gasteiger partial charge in [-0.05, 0) is 31.7 Å². The Hall–Kier alpha value is -1.88. The molecule has 2 heterocycles. The third-order valence-corrected chi connectivity index (χ3v) is 5.57. The molecule has 0 bridgehead atoms. The van der Waals surface area contributed by atoms with Gasteiger partial charge in [0.05, 0.1) is 13.0 Å². The van der Waals surface area contributed by atoms with Crippen LogP contribution in [0.4, 0.5) is 0 Å². The lowest BCUT2D eigenvalue weighted by Crippen LogP contribution is -2.55. The predicted molar refractivity (Wildman–Crippen MR) is 96.0 cm³/mol. The first-order valence-electron chi connectivity index (χ1n) is 9.23. The van der Waals surface area contributed by atoms with Crippen molar-refractivity contribution in [2.24, 2.45) is 5.41 Å². The van der Waals surface area contributed by atoms with Crippen LogP contribution in [0.15, 0.2) is 24.3 Å². The van der Waals surface area contributed by atoms with Crippen molar-refractivity contribution >= 4 is 11.8 Å². The van der Waals surface area contributed by atoms with E-state index in [2.05, 4.69) is 6.07 Å². The summed E-state index contributed by atoms with van der Waals surface area (Å²) in [5, 5.41) is 9.19. The van der Waals surface area contributed by atoms with Crippen LogP contribution in [0.25, 0.3) is 0 Å². The van der Waals surface area contributed by atoms with Gasteiger partial charge in [-0.2, -0.15) is 0 Å². The Morgan fingerprint density at radius 3 is 2.88 bits per heavy atom. The summed E-state index contributed by atoms with van der Waals surface area (Å²) in [5.41, 5.74) is 2.24. The van der Waals surface area contributed by atoms with Gasteiger partial charge in [-0.3, -0.25) is 9.59 Å². The molecular formula is C20H28N2O3. The fourth-order valence-corrected chi connectivity index (χ4v) is 4.29. The quantitative estimate of drug-likeness (QED) is 0.905. The van der Waals surface area contributed by atoms with E-state index in [1.165, 1.54) is 5.56 Å². The number of aliphatic hydroxyl groups excluding tert-OH is 1. The van der Waals surface area contributed by atoms with Crippen molar-refractivity contribution < 1.29 is 14.7 Å². The van der Waals surface area contributed by atoms with Gasteiger partial charge in [0, 0.05) is 38.0 Å². The van der Waals surface area contributed by atoms with Crippen LogP contribution in [0.1, 0.15) is 36.8 Å². The molecule has 2 saturated heterocycles. The zero-order valence-corrected chi connectivity index (χ0v) is 15.0. The van der Waals surface area contributed by atoms with E-state index in [1.807, 2.05) is 30.0 Å². The second-order valence-electron chi connectivity index (χ2n) is 7.62. The summed E-state index contributed by atoms with van der Waals surface area (Å²) < 4.78 is 0. The number of hydrogen-bond donors (Lipinski definition) is 1. The lowest BCUT2D eigenvalue weighted by Gasteiger charge is -2.48. The maximum Gasteiger partial charge on any atom is 0.227 e. The Morgan fingerprint density at radius 1 is 1.28 bits per heavy atom. The number of aryl methyl sites for hydroxylation is 1. The molecule has 2 aliphatic rings. The van der Waals surface area contributed by atoms with Crippen molar-refractivity contribution in [3.8, 4) is 0 Å². The van der Waals surface area contributed by atoms with Crippen molar-refractivity contribution in [2.75, 3.05) is 32.8 Å². The average Bonchev–Trinajstić information content (AvgIpc) is 2.59. The molecule has 1 atom stereocenters. The first-order valence-corrected chi connectivity index (χ1v) is 9.23. The summed E-state index contributed by atoms with van der Waals surface area (Å²) >= 11 is 0. The van der Waals surface area contributed by atoms with Crippen LogP contribution in [0.5, 0.6) is 0 Å². The smallest absolute Gasteiger partial charge is 0.227 e. The minimum Gasteiger partial charge on any atom is -0.395 e. The molecule has 1 aromatic carbocycles. The molecule has 1 spiro atoms. The second-order valence-corrected chi connectivity index (χ2v) is 7.62. The molecule has 0 unspecified atom stereocenters. The Kier molecular flexibility index (Phi) is 5.42. The molecule has 2 fully saturated rings. The number of aliphatic hydroxyl groups is 1. The van der Waals surface area contributed by atoms with Crippen LogP contribution >= 0.6 is 0 Å². The molecular weight excluding hydrogens is 316 g/mol. The van der Waals surface area contributed by atoms with Crippen LogP contribution in [0.2, 0.25) is 0 Å². The fraction of sp³-hybridized carbons (Fsp3) is 0.600. The Bertz CT molecular complexity index is 646. The van der Waals surface area contributed by atoms with E-state index in [9.17, 15) is 14.7 Å². The third-order valence-electron chi connectivity index (χ3n) is 5.57. The van der Waals surface area contributed by atoms with Gasteiger partial charge in [0.25, 0.3) is 0 Å².